The number of benzene rings is 2. The predicted molar refractivity (Wildman–Crippen MR) is 127 cm³/mol. The van der Waals surface area contributed by atoms with Crippen LogP contribution in [0.1, 0.15) is 56.1 Å². The summed E-state index contributed by atoms with van der Waals surface area (Å²) >= 11 is 0. The van der Waals surface area contributed by atoms with Crippen molar-refractivity contribution < 1.29 is 27.9 Å². The van der Waals surface area contributed by atoms with Crippen molar-refractivity contribution in [2.75, 3.05) is 0 Å². The summed E-state index contributed by atoms with van der Waals surface area (Å²) in [5.74, 6) is 0.899. The normalized spacial score (nSPS) is 12.2. The summed E-state index contributed by atoms with van der Waals surface area (Å²) in [5.41, 5.74) is 1.52. The average Bonchev–Trinajstić information content (AvgIpc) is 3.17. The Labute approximate surface area is 204 Å². The number of terminal acetylenes is 1. The summed E-state index contributed by atoms with van der Waals surface area (Å²) in [6, 6.07) is 13.8. The van der Waals surface area contributed by atoms with Crippen molar-refractivity contribution in [2.45, 2.75) is 25.7 Å². The topological polar surface area (TPSA) is 84.2 Å². The number of aromatic nitrogens is 2. The molecule has 36 heavy (non-hydrogen) atoms. The smallest absolute Gasteiger partial charge is 0.416 e. The number of aromatic carboxylic acids is 1. The molecule has 2 heterocycles. The van der Waals surface area contributed by atoms with Gasteiger partial charge in [-0.3, -0.25) is 9.78 Å². The maximum absolute atomic E-state index is 13.5. The van der Waals surface area contributed by atoms with Crippen molar-refractivity contribution in [3.05, 3.63) is 100 Å². The summed E-state index contributed by atoms with van der Waals surface area (Å²) in [6.45, 7) is 1.68. The van der Waals surface area contributed by atoms with Gasteiger partial charge in [-0.2, -0.15) is 13.2 Å². The number of halogens is 3. The third-order valence-corrected chi connectivity index (χ3v) is 5.78. The molecule has 0 fully saturated rings. The number of rotatable bonds is 6. The van der Waals surface area contributed by atoms with Gasteiger partial charge < -0.3 is 15.0 Å². The van der Waals surface area contributed by atoms with Crippen LogP contribution in [0.5, 0.6) is 0 Å². The van der Waals surface area contributed by atoms with Gasteiger partial charge in [0, 0.05) is 12.7 Å². The van der Waals surface area contributed by atoms with Gasteiger partial charge in [0.1, 0.15) is 11.2 Å². The van der Waals surface area contributed by atoms with Crippen molar-refractivity contribution in [1.29, 1.82) is 0 Å². The number of carbonyl (C=O) groups is 2. The van der Waals surface area contributed by atoms with Gasteiger partial charge in [0.25, 0.3) is 5.91 Å². The number of carbonyl (C=O) groups excluding carboxylic acids is 1. The van der Waals surface area contributed by atoms with Crippen LogP contribution in [0, 0.1) is 12.3 Å². The van der Waals surface area contributed by atoms with E-state index in [-0.39, 0.29) is 23.4 Å². The first-order chi connectivity index (χ1) is 17.1. The molecule has 6 nitrogen and oxygen atoms in total. The quantitative estimate of drug-likeness (QED) is 0.360. The second-order valence-corrected chi connectivity index (χ2v) is 8.15. The fourth-order valence-corrected chi connectivity index (χ4v) is 4.00. The maximum atomic E-state index is 13.5. The van der Waals surface area contributed by atoms with E-state index in [1.807, 2.05) is 0 Å². The molecule has 0 saturated heterocycles. The summed E-state index contributed by atoms with van der Waals surface area (Å²) in [4.78, 5) is 28.9. The Hall–Kier alpha value is -4.58. The van der Waals surface area contributed by atoms with Gasteiger partial charge in [0.2, 0.25) is 0 Å². The zero-order valence-corrected chi connectivity index (χ0v) is 19.0. The SMILES string of the molecule is C#Cc1c(C(=O)NC(C)c2ccc(C(=O)O)cc2)n(Cc2cccc(C(F)(F)F)c2)c2cccnc12. The first-order valence-corrected chi connectivity index (χ1v) is 10.8. The number of nitrogens with one attached hydrogen (secondary N) is 1. The Bertz CT molecular complexity index is 1500. The molecule has 1 amide bonds. The molecule has 4 aromatic rings. The zero-order chi connectivity index (χ0) is 26.0. The van der Waals surface area contributed by atoms with Gasteiger partial charge in [-0.1, -0.05) is 30.2 Å². The number of nitrogens with zero attached hydrogens (tertiary/aromatic N) is 2. The molecule has 1 unspecified atom stereocenters. The van der Waals surface area contributed by atoms with Crippen molar-refractivity contribution in [1.82, 2.24) is 14.9 Å². The van der Waals surface area contributed by atoms with E-state index in [1.54, 1.807) is 41.8 Å². The highest BCUT2D eigenvalue weighted by Crippen LogP contribution is 2.31. The van der Waals surface area contributed by atoms with E-state index >= 15 is 0 Å². The van der Waals surface area contributed by atoms with Crippen molar-refractivity contribution in [3.8, 4) is 12.3 Å². The lowest BCUT2D eigenvalue weighted by molar-refractivity contribution is -0.137. The highest BCUT2D eigenvalue weighted by atomic mass is 19.4. The molecule has 0 saturated carbocycles. The number of carboxylic acid groups (broad SMARTS) is 1. The molecule has 2 aromatic heterocycles. The Balaban J connectivity index is 1.74. The third-order valence-electron chi connectivity index (χ3n) is 5.78. The summed E-state index contributed by atoms with van der Waals surface area (Å²) in [5, 5.41) is 11.9. The number of carboxylic acids is 1. The number of amides is 1. The highest BCUT2D eigenvalue weighted by molar-refractivity contribution is 6.02. The largest absolute Gasteiger partial charge is 0.478 e. The van der Waals surface area contributed by atoms with Crippen LogP contribution in [0.25, 0.3) is 11.0 Å². The zero-order valence-electron chi connectivity index (χ0n) is 19.0. The molecule has 182 valence electrons. The predicted octanol–water partition coefficient (Wildman–Crippen LogP) is 5.27. The lowest BCUT2D eigenvalue weighted by atomic mass is 10.1. The van der Waals surface area contributed by atoms with Crippen molar-refractivity contribution in [3.63, 3.8) is 0 Å². The maximum Gasteiger partial charge on any atom is 0.416 e. The fourth-order valence-electron chi connectivity index (χ4n) is 4.00. The Morgan fingerprint density at radius 1 is 1.14 bits per heavy atom. The van der Waals surface area contributed by atoms with E-state index in [0.717, 1.165) is 12.1 Å². The van der Waals surface area contributed by atoms with E-state index in [2.05, 4.69) is 16.2 Å². The van der Waals surface area contributed by atoms with Gasteiger partial charge in [0.15, 0.2) is 0 Å². The van der Waals surface area contributed by atoms with Crippen LogP contribution in [-0.4, -0.2) is 26.5 Å². The standard InChI is InChI=1S/C27H20F3N3O3/c1-3-21-23-22(8-5-13-31-23)33(15-17-6-4-7-20(14-17)27(28,29)30)24(21)25(34)32-16(2)18-9-11-19(12-10-18)26(35)36/h1,4-14,16H,15H2,2H3,(H,32,34)(H,35,36). The van der Waals surface area contributed by atoms with Crippen LogP contribution < -0.4 is 5.32 Å². The van der Waals surface area contributed by atoms with Crippen LogP contribution in [0.4, 0.5) is 13.2 Å². The van der Waals surface area contributed by atoms with E-state index in [4.69, 9.17) is 11.5 Å². The molecular formula is C27H20F3N3O3. The van der Waals surface area contributed by atoms with E-state index in [0.29, 0.717) is 22.2 Å². The average molecular weight is 491 g/mol. The fraction of sp³-hybridized carbons (Fsp3) is 0.148. The van der Waals surface area contributed by atoms with Gasteiger partial charge in [-0.05, 0) is 54.4 Å². The number of pyridine rings is 1. The van der Waals surface area contributed by atoms with Crippen molar-refractivity contribution >= 4 is 22.9 Å². The lowest BCUT2D eigenvalue weighted by Gasteiger charge is -2.17. The van der Waals surface area contributed by atoms with Gasteiger partial charge in [0.05, 0.1) is 28.2 Å². The molecule has 2 aromatic carbocycles. The molecule has 0 radical (unpaired) electrons. The molecule has 2 N–H and O–H groups in total. The molecule has 0 aliphatic rings. The molecule has 0 bridgehead atoms. The van der Waals surface area contributed by atoms with Gasteiger partial charge in [-0.25, -0.2) is 4.79 Å². The van der Waals surface area contributed by atoms with Crippen LogP contribution in [-0.2, 0) is 12.7 Å². The molecule has 0 aliphatic carbocycles. The van der Waals surface area contributed by atoms with E-state index in [9.17, 15) is 22.8 Å². The summed E-state index contributed by atoms with van der Waals surface area (Å²) < 4.78 is 41.3. The Morgan fingerprint density at radius 3 is 2.50 bits per heavy atom. The van der Waals surface area contributed by atoms with E-state index < -0.39 is 29.7 Å². The van der Waals surface area contributed by atoms with Gasteiger partial charge in [-0.15, -0.1) is 6.42 Å². The first-order valence-electron chi connectivity index (χ1n) is 10.8. The Kier molecular flexibility index (Phi) is 6.53. The Morgan fingerprint density at radius 2 is 1.86 bits per heavy atom. The highest BCUT2D eigenvalue weighted by Gasteiger charge is 2.31. The lowest BCUT2D eigenvalue weighted by Crippen LogP contribution is -2.29. The minimum atomic E-state index is -4.51. The monoisotopic (exact) mass is 491 g/mol. The number of alkyl halides is 3. The number of hydrogen-bond donors (Lipinski definition) is 2. The minimum Gasteiger partial charge on any atom is -0.478 e. The molecule has 0 aliphatic heterocycles. The van der Waals surface area contributed by atoms with Crippen LogP contribution in [0.3, 0.4) is 0 Å². The van der Waals surface area contributed by atoms with E-state index in [1.165, 1.54) is 24.4 Å². The van der Waals surface area contributed by atoms with Gasteiger partial charge >= 0.3 is 12.1 Å². The van der Waals surface area contributed by atoms with Crippen LogP contribution in [0.2, 0.25) is 0 Å². The second-order valence-electron chi connectivity index (χ2n) is 8.15. The summed E-state index contributed by atoms with van der Waals surface area (Å²) in [7, 11) is 0. The first kappa shape index (κ1) is 24.5. The van der Waals surface area contributed by atoms with Crippen LogP contribution in [0.15, 0.2) is 66.9 Å². The number of hydrogen-bond acceptors (Lipinski definition) is 3. The third kappa shape index (κ3) is 4.79. The van der Waals surface area contributed by atoms with Crippen LogP contribution >= 0.6 is 0 Å². The van der Waals surface area contributed by atoms with Crippen molar-refractivity contribution in [2.24, 2.45) is 0 Å². The molecule has 0 spiro atoms. The molecule has 1 atom stereocenters. The molecule has 4 rings (SSSR count). The minimum absolute atomic E-state index is 0.0434. The summed E-state index contributed by atoms with van der Waals surface area (Å²) in [6.07, 6.45) is 2.75. The molecule has 9 heteroatoms. The number of fused-ring (bicyclic) bond motifs is 1. The molecular weight excluding hydrogens is 471 g/mol. The second kappa shape index (κ2) is 9.58.